The number of halogens is 1. The van der Waals surface area contributed by atoms with Crippen LogP contribution in [0.2, 0.25) is 5.02 Å². The number of hydrogen-bond donors (Lipinski definition) is 1. The minimum absolute atomic E-state index is 0.117. The van der Waals surface area contributed by atoms with E-state index in [9.17, 15) is 10.1 Å². The van der Waals surface area contributed by atoms with Gasteiger partial charge in [-0.1, -0.05) is 31.4 Å². The highest BCUT2D eigenvalue weighted by Gasteiger charge is 2.25. The number of nitro groups is 1. The Morgan fingerprint density at radius 2 is 2.14 bits per heavy atom. The van der Waals surface area contributed by atoms with Gasteiger partial charge in [0.2, 0.25) is 0 Å². The van der Waals surface area contributed by atoms with Gasteiger partial charge < -0.3 is 5.32 Å². The van der Waals surface area contributed by atoms with Gasteiger partial charge in [0.25, 0.3) is 5.69 Å². The van der Waals surface area contributed by atoms with Crippen LogP contribution in [0, 0.1) is 10.1 Å². The van der Waals surface area contributed by atoms with Crippen LogP contribution in [0.4, 0.5) is 5.69 Å². The van der Waals surface area contributed by atoms with Gasteiger partial charge in [0.15, 0.2) is 0 Å². The van der Waals surface area contributed by atoms with Gasteiger partial charge in [-0.3, -0.25) is 15.0 Å². The maximum absolute atomic E-state index is 11.0. The number of hydrogen-bond acceptors (Lipinski definition) is 4. The highest BCUT2D eigenvalue weighted by molar-refractivity contribution is 6.31. The first-order valence-electron chi connectivity index (χ1n) is 7.52. The van der Waals surface area contributed by atoms with Crippen molar-refractivity contribution in [2.45, 2.75) is 32.2 Å². The lowest BCUT2D eigenvalue weighted by atomic mass is 9.98. The molecule has 0 saturated carbocycles. The van der Waals surface area contributed by atoms with Gasteiger partial charge >= 0.3 is 0 Å². The van der Waals surface area contributed by atoms with Crippen LogP contribution in [0.3, 0.4) is 0 Å². The molecule has 1 saturated heterocycles. The average molecular weight is 312 g/mol. The molecule has 1 N–H and O–H groups in total. The van der Waals surface area contributed by atoms with Crippen molar-refractivity contribution in [1.82, 2.24) is 10.2 Å². The van der Waals surface area contributed by atoms with E-state index in [2.05, 4.69) is 17.1 Å². The van der Waals surface area contributed by atoms with Gasteiger partial charge in [-0.25, -0.2) is 0 Å². The normalized spacial score (nSPS) is 17.6. The van der Waals surface area contributed by atoms with Crippen LogP contribution in [-0.4, -0.2) is 36.0 Å². The molecule has 0 radical (unpaired) electrons. The van der Waals surface area contributed by atoms with E-state index in [4.69, 9.17) is 11.6 Å². The van der Waals surface area contributed by atoms with Gasteiger partial charge in [-0.15, -0.1) is 0 Å². The van der Waals surface area contributed by atoms with Crippen molar-refractivity contribution < 1.29 is 4.92 Å². The van der Waals surface area contributed by atoms with Gasteiger partial charge in [-0.05, 0) is 18.1 Å². The third-order valence-electron chi connectivity index (χ3n) is 3.97. The zero-order valence-electron chi connectivity index (χ0n) is 12.3. The molecule has 1 aromatic rings. The van der Waals surface area contributed by atoms with E-state index in [0.29, 0.717) is 5.02 Å². The molecule has 1 aromatic carbocycles. The number of non-ortho nitro benzene ring substituents is 1. The summed E-state index contributed by atoms with van der Waals surface area (Å²) in [5.41, 5.74) is 1.01. The van der Waals surface area contributed by atoms with Crippen molar-refractivity contribution in [3.8, 4) is 0 Å². The molecule has 0 unspecified atom stereocenters. The number of nitrogens with zero attached hydrogens (tertiary/aromatic N) is 2. The fourth-order valence-electron chi connectivity index (χ4n) is 2.83. The minimum Gasteiger partial charge on any atom is -0.314 e. The predicted molar refractivity (Wildman–Crippen MR) is 84.8 cm³/mol. The Morgan fingerprint density at radius 1 is 1.43 bits per heavy atom. The van der Waals surface area contributed by atoms with E-state index < -0.39 is 0 Å². The second-order valence-electron chi connectivity index (χ2n) is 5.41. The Morgan fingerprint density at radius 3 is 2.76 bits per heavy atom. The highest BCUT2D eigenvalue weighted by atomic mass is 35.5. The van der Waals surface area contributed by atoms with Crippen molar-refractivity contribution in [3.63, 3.8) is 0 Å². The molecule has 0 aromatic heterocycles. The lowest BCUT2D eigenvalue weighted by Gasteiger charge is -2.35. The van der Waals surface area contributed by atoms with Crippen LogP contribution in [0.25, 0.3) is 0 Å². The zero-order chi connectivity index (χ0) is 15.2. The molecule has 1 aliphatic heterocycles. The van der Waals surface area contributed by atoms with E-state index in [-0.39, 0.29) is 16.7 Å². The van der Waals surface area contributed by atoms with Crippen molar-refractivity contribution in [2.75, 3.05) is 26.2 Å². The number of benzene rings is 1. The molecule has 116 valence electrons. The summed E-state index contributed by atoms with van der Waals surface area (Å²) in [5, 5.41) is 15.0. The van der Waals surface area contributed by atoms with E-state index in [0.717, 1.165) is 51.0 Å². The summed E-state index contributed by atoms with van der Waals surface area (Å²) < 4.78 is 0. The molecule has 1 heterocycles. The highest BCUT2D eigenvalue weighted by Crippen LogP contribution is 2.34. The first-order chi connectivity index (χ1) is 10.1. The number of unbranched alkanes of at least 4 members (excludes halogenated alkanes) is 1. The molecular weight excluding hydrogens is 290 g/mol. The monoisotopic (exact) mass is 311 g/mol. The Balaban J connectivity index is 2.30. The summed E-state index contributed by atoms with van der Waals surface area (Å²) in [6, 6.07) is 4.93. The molecule has 0 spiro atoms. The quantitative estimate of drug-likeness (QED) is 0.646. The molecule has 0 aliphatic carbocycles. The van der Waals surface area contributed by atoms with Crippen LogP contribution in [0.1, 0.15) is 37.8 Å². The van der Waals surface area contributed by atoms with Crippen LogP contribution in [-0.2, 0) is 0 Å². The lowest BCUT2D eigenvalue weighted by molar-refractivity contribution is -0.385. The fraction of sp³-hybridized carbons (Fsp3) is 0.600. The number of nitrogens with one attached hydrogen (secondary N) is 1. The largest absolute Gasteiger partial charge is 0.314 e. The SMILES string of the molecule is CCCC[C@H](c1cc([N+](=O)[O-])ccc1Cl)N1CCNCC1. The summed E-state index contributed by atoms with van der Waals surface area (Å²) in [7, 11) is 0. The Hall–Kier alpha value is -1.17. The maximum atomic E-state index is 11.0. The number of nitro benzene ring substituents is 1. The van der Waals surface area contributed by atoms with Crippen LogP contribution >= 0.6 is 11.6 Å². The first-order valence-corrected chi connectivity index (χ1v) is 7.90. The molecule has 0 amide bonds. The van der Waals surface area contributed by atoms with E-state index >= 15 is 0 Å². The van der Waals surface area contributed by atoms with Crippen molar-refractivity contribution in [3.05, 3.63) is 38.9 Å². The smallest absolute Gasteiger partial charge is 0.269 e. The standard InChI is InChI=1S/C15H22ClN3O2/c1-2-3-4-15(18-9-7-17-8-10-18)13-11-12(19(20)21)5-6-14(13)16/h5-6,11,15,17H,2-4,7-10H2,1H3/t15-/m1/s1. The van der Waals surface area contributed by atoms with Crippen molar-refractivity contribution >= 4 is 17.3 Å². The molecular formula is C15H22ClN3O2. The second-order valence-corrected chi connectivity index (χ2v) is 5.81. The van der Waals surface area contributed by atoms with Crippen LogP contribution in [0.15, 0.2) is 18.2 Å². The second kappa shape index (κ2) is 7.73. The summed E-state index contributed by atoms with van der Waals surface area (Å²) in [6.45, 7) is 5.97. The molecule has 0 bridgehead atoms. The maximum Gasteiger partial charge on any atom is 0.269 e. The average Bonchev–Trinajstić information content (AvgIpc) is 2.50. The van der Waals surface area contributed by atoms with Gasteiger partial charge in [-0.2, -0.15) is 0 Å². The molecule has 21 heavy (non-hydrogen) atoms. The third-order valence-corrected chi connectivity index (χ3v) is 4.32. The Bertz CT molecular complexity index is 490. The molecule has 5 nitrogen and oxygen atoms in total. The van der Waals surface area contributed by atoms with Crippen LogP contribution < -0.4 is 5.32 Å². The van der Waals surface area contributed by atoms with Gasteiger partial charge in [0, 0.05) is 49.4 Å². The summed E-state index contributed by atoms with van der Waals surface area (Å²) in [4.78, 5) is 13.0. The molecule has 2 rings (SSSR count). The summed E-state index contributed by atoms with van der Waals surface area (Å²) >= 11 is 6.33. The Labute approximate surface area is 130 Å². The lowest BCUT2D eigenvalue weighted by Crippen LogP contribution is -2.45. The van der Waals surface area contributed by atoms with E-state index in [1.807, 2.05) is 0 Å². The van der Waals surface area contributed by atoms with Crippen molar-refractivity contribution in [1.29, 1.82) is 0 Å². The Kier molecular flexibility index (Phi) is 5.96. The van der Waals surface area contributed by atoms with Gasteiger partial charge in [0.05, 0.1) is 4.92 Å². The number of piperazine rings is 1. The number of rotatable bonds is 6. The minimum atomic E-state index is -0.353. The molecule has 1 fully saturated rings. The predicted octanol–water partition coefficient (Wildman–Crippen LogP) is 3.38. The van der Waals surface area contributed by atoms with E-state index in [1.165, 1.54) is 6.07 Å². The molecule has 1 aliphatic rings. The third kappa shape index (κ3) is 4.15. The topological polar surface area (TPSA) is 58.4 Å². The van der Waals surface area contributed by atoms with Gasteiger partial charge in [0.1, 0.15) is 0 Å². The fourth-order valence-corrected chi connectivity index (χ4v) is 3.07. The molecule has 6 heteroatoms. The first kappa shape index (κ1) is 16.2. The van der Waals surface area contributed by atoms with Crippen LogP contribution in [0.5, 0.6) is 0 Å². The van der Waals surface area contributed by atoms with E-state index in [1.54, 1.807) is 12.1 Å². The summed E-state index contributed by atoms with van der Waals surface area (Å²) in [5.74, 6) is 0. The molecule has 1 atom stereocenters. The zero-order valence-corrected chi connectivity index (χ0v) is 13.1. The van der Waals surface area contributed by atoms with Crippen molar-refractivity contribution in [2.24, 2.45) is 0 Å². The summed E-state index contributed by atoms with van der Waals surface area (Å²) in [6.07, 6.45) is 3.18.